The SMILES string of the molecule is Cc1ccc(-c2nn(CC(=O)N3CCOCC3)c(N)c2C#N)cc1. The Morgan fingerprint density at radius 3 is 2.62 bits per heavy atom. The largest absolute Gasteiger partial charge is 0.383 e. The molecule has 0 unspecified atom stereocenters. The molecule has 7 heteroatoms. The number of ether oxygens (including phenoxy) is 1. The molecule has 1 aromatic heterocycles. The Bertz CT molecular complexity index is 783. The molecule has 0 aliphatic carbocycles. The number of carbonyl (C=O) groups excluding carboxylic acids is 1. The van der Waals surface area contributed by atoms with Gasteiger partial charge in [-0.15, -0.1) is 0 Å². The van der Waals surface area contributed by atoms with Gasteiger partial charge < -0.3 is 15.4 Å². The van der Waals surface area contributed by atoms with E-state index in [4.69, 9.17) is 10.5 Å². The molecule has 0 radical (unpaired) electrons. The highest BCUT2D eigenvalue weighted by molar-refractivity contribution is 5.78. The van der Waals surface area contributed by atoms with Crippen LogP contribution in [0, 0.1) is 18.3 Å². The second-order valence-electron chi connectivity index (χ2n) is 5.74. The van der Waals surface area contributed by atoms with Gasteiger partial charge in [-0.05, 0) is 6.92 Å². The number of rotatable bonds is 3. The minimum atomic E-state index is -0.0764. The van der Waals surface area contributed by atoms with Crippen molar-refractivity contribution in [1.82, 2.24) is 14.7 Å². The summed E-state index contributed by atoms with van der Waals surface area (Å²) in [5.41, 5.74) is 8.77. The van der Waals surface area contributed by atoms with Crippen molar-refractivity contribution < 1.29 is 9.53 Å². The van der Waals surface area contributed by atoms with E-state index in [1.807, 2.05) is 31.2 Å². The van der Waals surface area contributed by atoms with Crippen LogP contribution in [-0.4, -0.2) is 46.9 Å². The number of amides is 1. The summed E-state index contributed by atoms with van der Waals surface area (Å²) in [7, 11) is 0. The Balaban J connectivity index is 1.88. The molecule has 0 atom stereocenters. The van der Waals surface area contributed by atoms with Gasteiger partial charge in [0.25, 0.3) is 0 Å². The number of hydrogen-bond acceptors (Lipinski definition) is 5. The summed E-state index contributed by atoms with van der Waals surface area (Å²) in [6.07, 6.45) is 0. The predicted molar refractivity (Wildman–Crippen MR) is 88.9 cm³/mol. The number of aromatic nitrogens is 2. The van der Waals surface area contributed by atoms with E-state index in [-0.39, 0.29) is 18.3 Å². The standard InChI is InChI=1S/C17H19N5O2/c1-12-2-4-13(5-3-12)16-14(10-18)17(19)22(20-16)11-15(23)21-6-8-24-9-7-21/h2-5H,6-9,11,19H2,1H3. The van der Waals surface area contributed by atoms with Crippen LogP contribution < -0.4 is 5.73 Å². The fourth-order valence-corrected chi connectivity index (χ4v) is 2.66. The quantitative estimate of drug-likeness (QED) is 0.913. The highest BCUT2D eigenvalue weighted by Crippen LogP contribution is 2.26. The molecular formula is C17H19N5O2. The van der Waals surface area contributed by atoms with Crippen LogP contribution in [0.3, 0.4) is 0 Å². The lowest BCUT2D eigenvalue weighted by Crippen LogP contribution is -2.42. The maximum atomic E-state index is 12.4. The normalized spacial score (nSPS) is 14.4. The highest BCUT2D eigenvalue weighted by Gasteiger charge is 2.22. The Morgan fingerprint density at radius 2 is 2.00 bits per heavy atom. The molecule has 2 heterocycles. The molecule has 0 bridgehead atoms. The Labute approximate surface area is 140 Å². The molecule has 1 aromatic carbocycles. The minimum Gasteiger partial charge on any atom is -0.383 e. The van der Waals surface area contributed by atoms with Crippen molar-refractivity contribution in [3.8, 4) is 17.3 Å². The maximum absolute atomic E-state index is 12.4. The average molecular weight is 325 g/mol. The Kier molecular flexibility index (Phi) is 4.49. The third-order valence-corrected chi connectivity index (χ3v) is 4.08. The molecule has 0 spiro atoms. The smallest absolute Gasteiger partial charge is 0.244 e. The molecule has 124 valence electrons. The summed E-state index contributed by atoms with van der Waals surface area (Å²) in [5.74, 6) is 0.141. The van der Waals surface area contributed by atoms with Gasteiger partial charge >= 0.3 is 0 Å². The number of carbonyl (C=O) groups is 1. The van der Waals surface area contributed by atoms with Crippen LogP contribution in [0.4, 0.5) is 5.82 Å². The average Bonchev–Trinajstić information content (AvgIpc) is 2.92. The van der Waals surface area contributed by atoms with Gasteiger partial charge in [-0.1, -0.05) is 29.8 Å². The van der Waals surface area contributed by atoms with Crippen molar-refractivity contribution in [3.05, 3.63) is 35.4 Å². The topological polar surface area (TPSA) is 97.2 Å². The van der Waals surface area contributed by atoms with Gasteiger partial charge in [0.2, 0.25) is 5.91 Å². The van der Waals surface area contributed by atoms with Crippen molar-refractivity contribution in [2.24, 2.45) is 0 Å². The molecule has 1 aliphatic heterocycles. The van der Waals surface area contributed by atoms with Crippen molar-refractivity contribution >= 4 is 11.7 Å². The number of nitrogens with zero attached hydrogens (tertiary/aromatic N) is 4. The van der Waals surface area contributed by atoms with E-state index >= 15 is 0 Å². The number of morpholine rings is 1. The second-order valence-corrected chi connectivity index (χ2v) is 5.74. The summed E-state index contributed by atoms with van der Waals surface area (Å²) in [6.45, 7) is 4.22. The fourth-order valence-electron chi connectivity index (χ4n) is 2.66. The van der Waals surface area contributed by atoms with Crippen LogP contribution in [0.1, 0.15) is 11.1 Å². The van der Waals surface area contributed by atoms with Crippen LogP contribution in [0.2, 0.25) is 0 Å². The van der Waals surface area contributed by atoms with Gasteiger partial charge in [-0.2, -0.15) is 10.4 Å². The number of hydrogen-bond donors (Lipinski definition) is 1. The number of nitrogens with two attached hydrogens (primary N) is 1. The van der Waals surface area contributed by atoms with Crippen LogP contribution in [0.25, 0.3) is 11.3 Å². The first-order valence-corrected chi connectivity index (χ1v) is 7.79. The molecule has 1 aliphatic rings. The van der Waals surface area contributed by atoms with Crippen molar-refractivity contribution in [2.45, 2.75) is 13.5 Å². The molecule has 3 rings (SSSR count). The molecule has 1 amide bonds. The van der Waals surface area contributed by atoms with Gasteiger partial charge in [-0.25, -0.2) is 4.68 Å². The molecular weight excluding hydrogens is 306 g/mol. The first-order chi connectivity index (χ1) is 11.6. The summed E-state index contributed by atoms with van der Waals surface area (Å²) < 4.78 is 6.66. The summed E-state index contributed by atoms with van der Waals surface area (Å²) >= 11 is 0. The van der Waals surface area contributed by atoms with E-state index in [1.54, 1.807) is 4.90 Å². The Morgan fingerprint density at radius 1 is 1.33 bits per heavy atom. The number of anilines is 1. The lowest BCUT2D eigenvalue weighted by atomic mass is 10.1. The monoisotopic (exact) mass is 325 g/mol. The van der Waals surface area contributed by atoms with E-state index in [2.05, 4.69) is 11.2 Å². The maximum Gasteiger partial charge on any atom is 0.244 e. The minimum absolute atomic E-state index is 0.0202. The van der Waals surface area contributed by atoms with Gasteiger partial charge in [0.1, 0.15) is 29.7 Å². The highest BCUT2D eigenvalue weighted by atomic mass is 16.5. The first kappa shape index (κ1) is 16.0. The predicted octanol–water partition coefficient (Wildman–Crippen LogP) is 1.17. The summed E-state index contributed by atoms with van der Waals surface area (Å²) in [4.78, 5) is 14.1. The van der Waals surface area contributed by atoms with Gasteiger partial charge in [0.15, 0.2) is 0 Å². The van der Waals surface area contributed by atoms with Gasteiger partial charge in [0, 0.05) is 18.7 Å². The molecule has 2 aromatic rings. The van der Waals surface area contributed by atoms with Crippen molar-refractivity contribution in [1.29, 1.82) is 5.26 Å². The zero-order chi connectivity index (χ0) is 17.1. The van der Waals surface area contributed by atoms with E-state index in [1.165, 1.54) is 4.68 Å². The molecule has 7 nitrogen and oxygen atoms in total. The molecule has 1 fully saturated rings. The summed E-state index contributed by atoms with van der Waals surface area (Å²) in [6, 6.07) is 9.78. The van der Waals surface area contributed by atoms with Crippen LogP contribution in [-0.2, 0) is 16.1 Å². The molecule has 1 saturated heterocycles. The third-order valence-electron chi connectivity index (χ3n) is 4.08. The van der Waals surface area contributed by atoms with Crippen molar-refractivity contribution in [2.75, 3.05) is 32.0 Å². The van der Waals surface area contributed by atoms with Crippen LogP contribution in [0.15, 0.2) is 24.3 Å². The third kappa shape index (κ3) is 3.09. The number of nitriles is 1. The Hall–Kier alpha value is -2.85. The molecule has 0 saturated carbocycles. The van der Waals surface area contributed by atoms with E-state index in [0.29, 0.717) is 37.6 Å². The van der Waals surface area contributed by atoms with Gasteiger partial charge in [-0.3, -0.25) is 4.79 Å². The number of nitrogen functional groups attached to an aromatic ring is 1. The van der Waals surface area contributed by atoms with Crippen molar-refractivity contribution in [3.63, 3.8) is 0 Å². The zero-order valence-electron chi connectivity index (χ0n) is 13.5. The fraction of sp³-hybridized carbons (Fsp3) is 0.353. The zero-order valence-corrected chi connectivity index (χ0v) is 13.5. The lowest BCUT2D eigenvalue weighted by Gasteiger charge is -2.26. The van der Waals surface area contributed by atoms with E-state index in [0.717, 1.165) is 11.1 Å². The molecule has 2 N–H and O–H groups in total. The van der Waals surface area contributed by atoms with E-state index < -0.39 is 0 Å². The lowest BCUT2D eigenvalue weighted by molar-refractivity contribution is -0.136. The number of benzene rings is 1. The second kappa shape index (κ2) is 6.72. The van der Waals surface area contributed by atoms with E-state index in [9.17, 15) is 10.1 Å². The first-order valence-electron chi connectivity index (χ1n) is 7.79. The van der Waals surface area contributed by atoms with Gasteiger partial charge in [0.05, 0.1) is 13.2 Å². The summed E-state index contributed by atoms with van der Waals surface area (Å²) in [5, 5.41) is 13.8. The van der Waals surface area contributed by atoms with Crippen LogP contribution >= 0.6 is 0 Å². The van der Waals surface area contributed by atoms with Crippen LogP contribution in [0.5, 0.6) is 0 Å². The molecule has 24 heavy (non-hydrogen) atoms. The number of aryl methyl sites for hydroxylation is 1.